The van der Waals surface area contributed by atoms with Crippen LogP contribution in [0.5, 0.6) is 0 Å². The number of anilines is 3. The molecule has 216 valence electrons. The molecular formula is C29H40ClN7O3. The number of nitrogens with zero attached hydrogens (tertiary/aromatic N) is 4. The lowest BCUT2D eigenvalue weighted by molar-refractivity contribution is 0.0231. The molecule has 0 unspecified atom stereocenters. The van der Waals surface area contributed by atoms with E-state index in [0.29, 0.717) is 23.4 Å². The number of imidazole rings is 1. The molecule has 3 heterocycles. The van der Waals surface area contributed by atoms with E-state index in [1.807, 2.05) is 45.0 Å². The Kier molecular flexibility index (Phi) is 8.65. The van der Waals surface area contributed by atoms with Crippen molar-refractivity contribution < 1.29 is 14.3 Å². The average Bonchev–Trinajstić information content (AvgIpc) is 3.24. The van der Waals surface area contributed by atoms with Gasteiger partial charge in [-0.2, -0.15) is 4.98 Å². The van der Waals surface area contributed by atoms with Crippen molar-refractivity contribution in [2.45, 2.75) is 90.0 Å². The molecule has 40 heavy (non-hydrogen) atoms. The number of nitrogens with one attached hydrogen (secondary N) is 3. The number of hydrogen-bond donors (Lipinski definition) is 3. The van der Waals surface area contributed by atoms with Gasteiger partial charge in [-0.25, -0.2) is 14.8 Å². The minimum Gasteiger partial charge on any atom is -0.444 e. The standard InChI is InChI=1S/C29H40ClN7O3/c1-18-14-22(12-13-39-18)33-26-31-17-24-25(36-26)37(27(35-24)34-21-7-5-6-20(30)15-21)23-10-8-19(9-11-23)16-32-28(38)40-29(2,3)4/h5-7,15,17-19,22-23H,8-14,16H2,1-4H3,(H,32,38)(H,34,35)(H,31,33,36)/t18-,19?,22-,23?/m0/s1. The van der Waals surface area contributed by atoms with Gasteiger partial charge >= 0.3 is 6.09 Å². The molecule has 0 radical (unpaired) electrons. The highest BCUT2D eigenvalue weighted by Gasteiger charge is 2.28. The van der Waals surface area contributed by atoms with Crippen LogP contribution in [0, 0.1) is 5.92 Å². The Morgan fingerprint density at radius 2 is 1.98 bits per heavy atom. The maximum absolute atomic E-state index is 12.1. The summed E-state index contributed by atoms with van der Waals surface area (Å²) in [6, 6.07) is 8.10. The quantitative estimate of drug-likeness (QED) is 0.297. The predicted octanol–water partition coefficient (Wildman–Crippen LogP) is 6.46. The van der Waals surface area contributed by atoms with Crippen molar-refractivity contribution in [1.29, 1.82) is 0 Å². The van der Waals surface area contributed by atoms with Gasteiger partial charge in [-0.3, -0.25) is 4.57 Å². The van der Waals surface area contributed by atoms with Crippen LogP contribution in [0.4, 0.5) is 22.4 Å². The summed E-state index contributed by atoms with van der Waals surface area (Å²) in [6.45, 7) is 9.06. The second-order valence-electron chi connectivity index (χ2n) is 11.9. The Bertz CT molecular complexity index is 1320. The van der Waals surface area contributed by atoms with E-state index in [4.69, 9.17) is 31.0 Å². The molecular weight excluding hydrogens is 530 g/mol. The molecule has 2 aromatic heterocycles. The highest BCUT2D eigenvalue weighted by molar-refractivity contribution is 6.30. The van der Waals surface area contributed by atoms with Crippen LogP contribution in [0.2, 0.25) is 5.02 Å². The van der Waals surface area contributed by atoms with Crippen LogP contribution in [-0.4, -0.2) is 56.5 Å². The Hall–Kier alpha value is -3.11. The largest absolute Gasteiger partial charge is 0.444 e. The van der Waals surface area contributed by atoms with E-state index in [9.17, 15) is 4.79 Å². The van der Waals surface area contributed by atoms with E-state index in [1.165, 1.54) is 0 Å². The lowest BCUT2D eigenvalue weighted by Gasteiger charge is -2.31. The van der Waals surface area contributed by atoms with Gasteiger partial charge in [-0.15, -0.1) is 0 Å². The van der Waals surface area contributed by atoms with Crippen LogP contribution >= 0.6 is 11.6 Å². The SMILES string of the molecule is C[C@H]1C[C@@H](Nc2ncc3nc(Nc4cccc(Cl)c4)n(C4CCC(CNC(=O)OC(C)(C)C)CC4)c3n2)CCO1. The number of ether oxygens (including phenoxy) is 2. The first-order valence-electron chi connectivity index (χ1n) is 14.3. The maximum Gasteiger partial charge on any atom is 0.407 e. The molecule has 2 fully saturated rings. The van der Waals surface area contributed by atoms with Gasteiger partial charge in [0.25, 0.3) is 0 Å². The molecule has 5 rings (SSSR count). The van der Waals surface area contributed by atoms with Crippen LogP contribution in [0.1, 0.15) is 72.3 Å². The van der Waals surface area contributed by atoms with Crippen molar-refractivity contribution >= 4 is 46.4 Å². The Labute approximate surface area is 240 Å². The zero-order valence-electron chi connectivity index (χ0n) is 23.7. The highest BCUT2D eigenvalue weighted by atomic mass is 35.5. The third-order valence-corrected chi connectivity index (χ3v) is 7.68. The van der Waals surface area contributed by atoms with Crippen molar-refractivity contribution in [1.82, 2.24) is 24.8 Å². The van der Waals surface area contributed by atoms with E-state index >= 15 is 0 Å². The first kappa shape index (κ1) is 28.4. The fourth-order valence-electron chi connectivity index (χ4n) is 5.55. The van der Waals surface area contributed by atoms with Crippen LogP contribution in [0.25, 0.3) is 11.2 Å². The molecule has 0 spiro atoms. The van der Waals surface area contributed by atoms with Crippen LogP contribution < -0.4 is 16.0 Å². The Morgan fingerprint density at radius 3 is 2.70 bits per heavy atom. The lowest BCUT2D eigenvalue weighted by Crippen LogP contribution is -2.36. The van der Waals surface area contributed by atoms with Crippen LogP contribution in [0.3, 0.4) is 0 Å². The summed E-state index contributed by atoms with van der Waals surface area (Å²) < 4.78 is 13.3. The lowest BCUT2D eigenvalue weighted by atomic mass is 9.86. The van der Waals surface area contributed by atoms with Gasteiger partial charge in [-0.05, 0) is 90.3 Å². The second kappa shape index (κ2) is 12.2. The summed E-state index contributed by atoms with van der Waals surface area (Å²) in [5.74, 6) is 1.72. The average molecular weight is 570 g/mol. The summed E-state index contributed by atoms with van der Waals surface area (Å²) in [4.78, 5) is 26.6. The van der Waals surface area contributed by atoms with E-state index in [1.54, 1.807) is 6.20 Å². The predicted molar refractivity (Wildman–Crippen MR) is 157 cm³/mol. The number of benzene rings is 1. The van der Waals surface area contributed by atoms with Crippen molar-refractivity contribution in [3.05, 3.63) is 35.5 Å². The molecule has 2 aliphatic rings. The van der Waals surface area contributed by atoms with Gasteiger partial charge in [0.1, 0.15) is 11.1 Å². The Balaban J connectivity index is 1.35. The molecule has 11 heteroatoms. The minimum atomic E-state index is -0.505. The number of hydrogen-bond acceptors (Lipinski definition) is 8. The van der Waals surface area contributed by atoms with Gasteiger partial charge in [-0.1, -0.05) is 17.7 Å². The number of amides is 1. The zero-order valence-corrected chi connectivity index (χ0v) is 24.5. The number of carbonyl (C=O) groups excluding carboxylic acids is 1. The highest BCUT2D eigenvalue weighted by Crippen LogP contribution is 2.37. The van der Waals surface area contributed by atoms with E-state index in [2.05, 4.69) is 32.4 Å². The van der Waals surface area contributed by atoms with E-state index < -0.39 is 5.60 Å². The normalized spacial score (nSPS) is 23.5. The molecule has 1 aliphatic carbocycles. The fourth-order valence-corrected chi connectivity index (χ4v) is 5.74. The van der Waals surface area contributed by atoms with Crippen LogP contribution in [-0.2, 0) is 9.47 Å². The molecule has 2 atom stereocenters. The number of halogens is 1. The zero-order chi connectivity index (χ0) is 28.3. The number of fused-ring (bicyclic) bond motifs is 1. The topological polar surface area (TPSA) is 115 Å². The molecule has 1 saturated carbocycles. The van der Waals surface area contributed by atoms with Crippen molar-refractivity contribution in [3.63, 3.8) is 0 Å². The summed E-state index contributed by atoms with van der Waals surface area (Å²) in [6.07, 6.45) is 7.34. The van der Waals surface area contributed by atoms with Gasteiger partial charge in [0.2, 0.25) is 11.9 Å². The first-order valence-corrected chi connectivity index (χ1v) is 14.6. The molecule has 1 saturated heterocycles. The second-order valence-corrected chi connectivity index (χ2v) is 12.4. The molecule has 1 aliphatic heterocycles. The van der Waals surface area contributed by atoms with Crippen molar-refractivity contribution in [2.24, 2.45) is 5.92 Å². The van der Waals surface area contributed by atoms with E-state index in [0.717, 1.165) is 67.9 Å². The van der Waals surface area contributed by atoms with Gasteiger partial charge in [0.15, 0.2) is 5.65 Å². The van der Waals surface area contributed by atoms with Crippen LogP contribution in [0.15, 0.2) is 30.5 Å². The molecule has 10 nitrogen and oxygen atoms in total. The summed E-state index contributed by atoms with van der Waals surface area (Å²) in [7, 11) is 0. The summed E-state index contributed by atoms with van der Waals surface area (Å²) in [5.41, 5.74) is 1.90. The minimum absolute atomic E-state index is 0.204. The third-order valence-electron chi connectivity index (χ3n) is 7.45. The fraction of sp³-hybridized carbons (Fsp3) is 0.586. The van der Waals surface area contributed by atoms with Crippen molar-refractivity contribution in [3.8, 4) is 0 Å². The summed E-state index contributed by atoms with van der Waals surface area (Å²) in [5, 5.41) is 10.6. The first-order chi connectivity index (χ1) is 19.1. The number of rotatable bonds is 7. The maximum atomic E-state index is 12.1. The summed E-state index contributed by atoms with van der Waals surface area (Å²) >= 11 is 6.26. The van der Waals surface area contributed by atoms with E-state index in [-0.39, 0.29) is 24.3 Å². The van der Waals surface area contributed by atoms with Gasteiger partial charge in [0.05, 0.1) is 12.3 Å². The van der Waals surface area contributed by atoms with Gasteiger partial charge < -0.3 is 25.4 Å². The smallest absolute Gasteiger partial charge is 0.407 e. The monoisotopic (exact) mass is 569 g/mol. The number of alkyl carbamates (subject to hydrolysis) is 1. The van der Waals surface area contributed by atoms with Gasteiger partial charge in [0, 0.05) is 35.9 Å². The molecule has 3 aromatic rings. The Morgan fingerprint density at radius 1 is 1.18 bits per heavy atom. The number of carbonyl (C=O) groups is 1. The number of aromatic nitrogens is 4. The molecule has 1 aromatic carbocycles. The molecule has 0 bridgehead atoms. The molecule has 1 amide bonds. The third kappa shape index (κ3) is 7.34. The van der Waals surface area contributed by atoms with Crippen molar-refractivity contribution in [2.75, 3.05) is 23.8 Å². The molecule has 3 N–H and O–H groups in total.